The van der Waals surface area contributed by atoms with Crippen LogP contribution < -0.4 is 10.1 Å². The van der Waals surface area contributed by atoms with Crippen LogP contribution in [0.2, 0.25) is 0 Å². The lowest BCUT2D eigenvalue weighted by atomic mass is 10.1. The number of anilines is 1. The van der Waals surface area contributed by atoms with Crippen LogP contribution in [0.4, 0.5) is 5.13 Å². The molecule has 0 atom stereocenters. The molecular formula is C14H14BrN3O2S2. The van der Waals surface area contributed by atoms with Crippen LogP contribution in [0.25, 0.3) is 0 Å². The lowest BCUT2D eigenvalue weighted by Gasteiger charge is -2.05. The van der Waals surface area contributed by atoms with Crippen LogP contribution >= 0.6 is 39.0 Å². The Morgan fingerprint density at radius 2 is 2.32 bits per heavy atom. The fraction of sp³-hybridized carbons (Fsp3) is 0.357. The number of carbonyl (C=O) groups is 1. The molecule has 0 saturated heterocycles. The summed E-state index contributed by atoms with van der Waals surface area (Å²) in [5, 5.41) is 12.3. The summed E-state index contributed by atoms with van der Waals surface area (Å²) in [6.45, 7) is 0. The predicted octanol–water partition coefficient (Wildman–Crippen LogP) is 3.86. The Bertz CT molecular complexity index is 688. The normalized spacial score (nSPS) is 13.9. The van der Waals surface area contributed by atoms with E-state index in [1.54, 1.807) is 25.3 Å². The van der Waals surface area contributed by atoms with Gasteiger partial charge in [0.2, 0.25) is 5.13 Å². The highest BCUT2D eigenvalue weighted by Crippen LogP contribution is 2.31. The van der Waals surface area contributed by atoms with Gasteiger partial charge < -0.3 is 10.1 Å². The number of carbonyl (C=O) groups excluding carboxylic acids is 1. The third-order valence-electron chi connectivity index (χ3n) is 3.11. The van der Waals surface area contributed by atoms with Gasteiger partial charge in [-0.3, -0.25) is 4.79 Å². The molecule has 0 aliphatic heterocycles. The Kier molecular flexibility index (Phi) is 5.00. The molecule has 0 radical (unpaired) electrons. The Balaban J connectivity index is 1.57. The molecule has 5 nitrogen and oxygen atoms in total. The first kappa shape index (κ1) is 15.8. The quantitative estimate of drug-likeness (QED) is 0.563. The van der Waals surface area contributed by atoms with Crippen LogP contribution in [-0.2, 0) is 0 Å². The van der Waals surface area contributed by atoms with Crippen molar-refractivity contribution < 1.29 is 9.53 Å². The second kappa shape index (κ2) is 6.97. The molecule has 8 heteroatoms. The highest BCUT2D eigenvalue weighted by Gasteiger charge is 2.22. The summed E-state index contributed by atoms with van der Waals surface area (Å²) in [4.78, 5) is 12.2. The zero-order valence-corrected chi connectivity index (χ0v) is 15.1. The maximum absolute atomic E-state index is 12.2. The molecule has 1 aliphatic rings. The number of hydrogen-bond acceptors (Lipinski definition) is 7. The summed E-state index contributed by atoms with van der Waals surface area (Å²) < 4.78 is 6.75. The third kappa shape index (κ3) is 3.99. The summed E-state index contributed by atoms with van der Waals surface area (Å²) in [6.07, 6.45) is 2.40. The van der Waals surface area contributed by atoms with Crippen molar-refractivity contribution in [2.75, 3.05) is 18.2 Å². The Hall–Kier alpha value is -1.12. The number of hydrogen-bond donors (Lipinski definition) is 1. The van der Waals surface area contributed by atoms with Crippen molar-refractivity contribution in [1.82, 2.24) is 10.2 Å². The van der Waals surface area contributed by atoms with Gasteiger partial charge in [0, 0.05) is 11.6 Å². The van der Waals surface area contributed by atoms with E-state index in [0.29, 0.717) is 23.1 Å². The minimum atomic E-state index is 0.0558. The number of methoxy groups -OCH3 is 1. The summed E-state index contributed by atoms with van der Waals surface area (Å²) in [6, 6.07) is 5.89. The molecule has 1 saturated carbocycles. The van der Waals surface area contributed by atoms with Gasteiger partial charge in [-0.25, -0.2) is 0 Å². The van der Waals surface area contributed by atoms with Crippen molar-refractivity contribution >= 4 is 49.9 Å². The molecule has 0 bridgehead atoms. The second-order valence-electron chi connectivity index (χ2n) is 4.85. The SMILES string of the molecule is COc1ccc(C(=O)CSc2nnc(NC3CC3)s2)cc1Br. The van der Waals surface area contributed by atoms with Crippen molar-refractivity contribution in [3.63, 3.8) is 0 Å². The number of Topliss-reactive ketones (excluding diaryl/α,β-unsaturated/α-hetero) is 1. The molecule has 2 aromatic rings. The van der Waals surface area contributed by atoms with Crippen molar-refractivity contribution in [2.24, 2.45) is 0 Å². The zero-order chi connectivity index (χ0) is 15.5. The number of ketones is 1. The molecule has 1 aliphatic carbocycles. The standard InChI is InChI=1S/C14H14BrN3O2S2/c1-20-12-5-2-8(6-10(12)15)11(19)7-21-14-18-17-13(22-14)16-9-3-4-9/h2,5-6,9H,3-4,7H2,1H3,(H,16,17). The molecule has 1 aromatic carbocycles. The van der Waals surface area contributed by atoms with E-state index in [9.17, 15) is 4.79 Å². The van der Waals surface area contributed by atoms with E-state index in [0.717, 1.165) is 13.9 Å². The van der Waals surface area contributed by atoms with Gasteiger partial charge in [0.15, 0.2) is 10.1 Å². The van der Waals surface area contributed by atoms with Crippen LogP contribution in [0.3, 0.4) is 0 Å². The molecule has 0 unspecified atom stereocenters. The molecule has 1 N–H and O–H groups in total. The zero-order valence-electron chi connectivity index (χ0n) is 11.8. The minimum Gasteiger partial charge on any atom is -0.496 e. The molecule has 3 rings (SSSR count). The van der Waals surface area contributed by atoms with Gasteiger partial charge in [0.25, 0.3) is 0 Å². The molecule has 116 valence electrons. The van der Waals surface area contributed by atoms with E-state index in [4.69, 9.17) is 4.74 Å². The molecule has 1 aromatic heterocycles. The van der Waals surface area contributed by atoms with Gasteiger partial charge in [-0.1, -0.05) is 23.1 Å². The van der Waals surface area contributed by atoms with Crippen molar-refractivity contribution in [2.45, 2.75) is 23.2 Å². The first-order chi connectivity index (χ1) is 10.7. The average Bonchev–Trinajstić information content (AvgIpc) is 3.21. The smallest absolute Gasteiger partial charge is 0.206 e. The van der Waals surface area contributed by atoms with Crippen LogP contribution in [0.5, 0.6) is 5.75 Å². The van der Waals surface area contributed by atoms with Crippen molar-refractivity contribution in [3.8, 4) is 5.75 Å². The topological polar surface area (TPSA) is 64.1 Å². The van der Waals surface area contributed by atoms with E-state index in [-0.39, 0.29) is 5.78 Å². The summed E-state index contributed by atoms with van der Waals surface area (Å²) in [7, 11) is 1.60. The van der Waals surface area contributed by atoms with Crippen LogP contribution in [0.1, 0.15) is 23.2 Å². The fourth-order valence-corrected chi connectivity index (χ4v) is 4.04. The first-order valence-corrected chi connectivity index (χ1v) is 9.35. The maximum Gasteiger partial charge on any atom is 0.206 e. The van der Waals surface area contributed by atoms with Gasteiger partial charge in [-0.15, -0.1) is 10.2 Å². The van der Waals surface area contributed by atoms with E-state index < -0.39 is 0 Å². The maximum atomic E-state index is 12.2. The highest BCUT2D eigenvalue weighted by molar-refractivity contribution is 9.10. The first-order valence-electron chi connectivity index (χ1n) is 6.75. The molecular weight excluding hydrogens is 386 g/mol. The predicted molar refractivity (Wildman–Crippen MR) is 92.3 cm³/mol. The number of benzene rings is 1. The van der Waals surface area contributed by atoms with E-state index in [1.807, 2.05) is 0 Å². The number of ether oxygens (including phenoxy) is 1. The van der Waals surface area contributed by atoms with Gasteiger partial charge >= 0.3 is 0 Å². The second-order valence-corrected chi connectivity index (χ2v) is 7.91. The monoisotopic (exact) mass is 399 g/mol. The van der Waals surface area contributed by atoms with E-state index in [2.05, 4.69) is 31.4 Å². The molecule has 22 heavy (non-hydrogen) atoms. The van der Waals surface area contributed by atoms with E-state index in [1.165, 1.54) is 35.9 Å². The molecule has 0 spiro atoms. The summed E-state index contributed by atoms with van der Waals surface area (Å²) in [5.74, 6) is 1.11. The van der Waals surface area contributed by atoms with Gasteiger partial charge in [-0.05, 0) is 47.0 Å². The number of thioether (sulfide) groups is 1. The van der Waals surface area contributed by atoms with Crippen molar-refractivity contribution in [3.05, 3.63) is 28.2 Å². The lowest BCUT2D eigenvalue weighted by Crippen LogP contribution is -2.02. The number of aromatic nitrogens is 2. The summed E-state index contributed by atoms with van der Waals surface area (Å²) in [5.41, 5.74) is 0.654. The lowest BCUT2D eigenvalue weighted by molar-refractivity contribution is 0.102. The van der Waals surface area contributed by atoms with Gasteiger partial charge in [0.05, 0.1) is 17.3 Å². The third-order valence-corrected chi connectivity index (χ3v) is 5.72. The fourth-order valence-electron chi connectivity index (χ4n) is 1.78. The Morgan fingerprint density at radius 1 is 1.50 bits per heavy atom. The Morgan fingerprint density at radius 3 is 3.00 bits per heavy atom. The average molecular weight is 400 g/mol. The molecule has 1 heterocycles. The largest absolute Gasteiger partial charge is 0.496 e. The number of nitrogens with one attached hydrogen (secondary N) is 1. The number of halogens is 1. The highest BCUT2D eigenvalue weighted by atomic mass is 79.9. The molecule has 1 fully saturated rings. The van der Waals surface area contributed by atoms with Crippen LogP contribution in [0, 0.1) is 0 Å². The summed E-state index contributed by atoms with van der Waals surface area (Å²) >= 11 is 6.30. The van der Waals surface area contributed by atoms with Gasteiger partial charge in [0.1, 0.15) is 5.75 Å². The van der Waals surface area contributed by atoms with Crippen LogP contribution in [-0.4, -0.2) is 34.9 Å². The van der Waals surface area contributed by atoms with Crippen molar-refractivity contribution in [1.29, 1.82) is 0 Å². The van der Waals surface area contributed by atoms with E-state index >= 15 is 0 Å². The number of nitrogens with zero attached hydrogens (tertiary/aromatic N) is 2. The number of rotatable bonds is 7. The Labute approximate surface area is 145 Å². The van der Waals surface area contributed by atoms with Gasteiger partial charge in [-0.2, -0.15) is 0 Å². The minimum absolute atomic E-state index is 0.0558. The molecule has 0 amide bonds. The van der Waals surface area contributed by atoms with Crippen LogP contribution in [0.15, 0.2) is 27.0 Å².